The molecule has 1 saturated heterocycles. The smallest absolute Gasteiger partial charge is 0.250 e. The highest BCUT2D eigenvalue weighted by molar-refractivity contribution is 5.76. The molecule has 1 aromatic carbocycles. The Morgan fingerprint density at radius 1 is 1.13 bits per heavy atom. The lowest BCUT2D eigenvalue weighted by Gasteiger charge is -2.33. The van der Waals surface area contributed by atoms with Gasteiger partial charge in [0.25, 0.3) is 5.56 Å². The third-order valence-corrected chi connectivity index (χ3v) is 4.06. The first-order valence-electron chi connectivity index (χ1n) is 7.84. The fourth-order valence-electron chi connectivity index (χ4n) is 2.76. The summed E-state index contributed by atoms with van der Waals surface area (Å²) in [5.41, 5.74) is 1.01. The summed E-state index contributed by atoms with van der Waals surface area (Å²) >= 11 is 0. The van der Waals surface area contributed by atoms with E-state index in [1.165, 1.54) is 6.07 Å². The molecule has 5 heteroatoms. The summed E-state index contributed by atoms with van der Waals surface area (Å²) in [6.07, 6.45) is 1.96. The summed E-state index contributed by atoms with van der Waals surface area (Å²) in [4.78, 5) is 25.9. The van der Waals surface area contributed by atoms with Gasteiger partial charge in [0.05, 0.1) is 13.2 Å². The lowest BCUT2D eigenvalue weighted by Crippen LogP contribution is -2.42. The maximum Gasteiger partial charge on any atom is 0.250 e. The van der Waals surface area contributed by atoms with Crippen molar-refractivity contribution < 1.29 is 9.53 Å². The van der Waals surface area contributed by atoms with Crippen LogP contribution >= 0.6 is 0 Å². The predicted molar refractivity (Wildman–Crippen MR) is 87.0 cm³/mol. The van der Waals surface area contributed by atoms with Gasteiger partial charge in [0, 0.05) is 31.8 Å². The van der Waals surface area contributed by atoms with Gasteiger partial charge in [-0.25, -0.2) is 0 Å². The molecule has 0 radical (unpaired) electrons. The van der Waals surface area contributed by atoms with E-state index in [1.807, 2.05) is 35.2 Å². The van der Waals surface area contributed by atoms with Crippen LogP contribution in [0.15, 0.2) is 59.5 Å². The highest BCUT2D eigenvalue weighted by Gasteiger charge is 2.24. The summed E-state index contributed by atoms with van der Waals surface area (Å²) in [5, 5.41) is 0. The molecule has 0 aliphatic carbocycles. The lowest BCUT2D eigenvalue weighted by molar-refractivity contribution is -0.139. The summed E-state index contributed by atoms with van der Waals surface area (Å²) in [5.74, 6) is 0.0602. The molecule has 1 aliphatic rings. The van der Waals surface area contributed by atoms with Gasteiger partial charge in [-0.15, -0.1) is 0 Å². The van der Waals surface area contributed by atoms with Gasteiger partial charge in [-0.1, -0.05) is 36.4 Å². The van der Waals surface area contributed by atoms with E-state index in [0.29, 0.717) is 32.7 Å². The number of hydrogen-bond donors (Lipinski definition) is 0. The normalized spacial score (nSPS) is 17.9. The molecule has 5 nitrogen and oxygen atoms in total. The van der Waals surface area contributed by atoms with Crippen molar-refractivity contribution in [2.45, 2.75) is 19.1 Å². The van der Waals surface area contributed by atoms with Crippen LogP contribution in [0.1, 0.15) is 18.1 Å². The number of hydrogen-bond acceptors (Lipinski definition) is 3. The van der Waals surface area contributed by atoms with E-state index < -0.39 is 0 Å². The van der Waals surface area contributed by atoms with Crippen LogP contribution in [0.5, 0.6) is 0 Å². The number of amides is 1. The standard InChI is InChI=1S/C18H20N2O3/c21-17-8-4-5-10-19(17)11-9-18(22)20-12-13-23-16(14-20)15-6-2-1-3-7-15/h1-8,10,16H,9,11-14H2. The first-order valence-corrected chi connectivity index (χ1v) is 7.84. The lowest BCUT2D eigenvalue weighted by atomic mass is 10.1. The Hall–Kier alpha value is -2.40. The average Bonchev–Trinajstić information content (AvgIpc) is 2.62. The van der Waals surface area contributed by atoms with Gasteiger partial charge in [0.1, 0.15) is 6.10 Å². The van der Waals surface area contributed by atoms with E-state index in [0.717, 1.165) is 5.56 Å². The van der Waals surface area contributed by atoms with Crippen LogP contribution in [0.2, 0.25) is 0 Å². The zero-order chi connectivity index (χ0) is 16.1. The highest BCUT2D eigenvalue weighted by atomic mass is 16.5. The molecule has 0 bridgehead atoms. The van der Waals surface area contributed by atoms with E-state index in [4.69, 9.17) is 4.74 Å². The molecule has 1 aliphatic heterocycles. The second-order valence-corrected chi connectivity index (χ2v) is 5.59. The van der Waals surface area contributed by atoms with Crippen LogP contribution in [-0.4, -0.2) is 35.1 Å². The molecule has 0 N–H and O–H groups in total. The summed E-state index contributed by atoms with van der Waals surface area (Å²) in [7, 11) is 0. The van der Waals surface area contributed by atoms with Crippen LogP contribution in [-0.2, 0) is 16.1 Å². The fraction of sp³-hybridized carbons (Fsp3) is 0.333. The van der Waals surface area contributed by atoms with E-state index in [-0.39, 0.29) is 17.6 Å². The van der Waals surface area contributed by atoms with Gasteiger partial charge in [0.2, 0.25) is 5.91 Å². The number of pyridine rings is 1. The average molecular weight is 312 g/mol. The zero-order valence-electron chi connectivity index (χ0n) is 12.9. The number of morpholine rings is 1. The highest BCUT2D eigenvalue weighted by Crippen LogP contribution is 2.22. The van der Waals surface area contributed by atoms with E-state index in [1.54, 1.807) is 22.9 Å². The molecule has 0 saturated carbocycles. The molecule has 3 rings (SSSR count). The van der Waals surface area contributed by atoms with Crippen molar-refractivity contribution in [2.24, 2.45) is 0 Å². The van der Waals surface area contributed by atoms with Gasteiger partial charge in [-0.3, -0.25) is 9.59 Å². The molecular formula is C18H20N2O3. The number of aromatic nitrogens is 1. The molecule has 1 amide bonds. The Morgan fingerprint density at radius 3 is 2.70 bits per heavy atom. The van der Waals surface area contributed by atoms with Crippen molar-refractivity contribution in [3.63, 3.8) is 0 Å². The second-order valence-electron chi connectivity index (χ2n) is 5.59. The third-order valence-electron chi connectivity index (χ3n) is 4.06. The molecule has 1 fully saturated rings. The Morgan fingerprint density at radius 2 is 1.91 bits per heavy atom. The Kier molecular flexibility index (Phi) is 4.88. The minimum atomic E-state index is -0.0792. The molecule has 0 spiro atoms. The van der Waals surface area contributed by atoms with Crippen molar-refractivity contribution in [2.75, 3.05) is 19.7 Å². The number of rotatable bonds is 4. The van der Waals surface area contributed by atoms with Crippen LogP contribution < -0.4 is 5.56 Å². The SMILES string of the molecule is O=C(CCn1ccccc1=O)N1CCOC(c2ccccc2)C1. The van der Waals surface area contributed by atoms with Crippen molar-refractivity contribution in [1.29, 1.82) is 0 Å². The fourth-order valence-corrected chi connectivity index (χ4v) is 2.76. The van der Waals surface area contributed by atoms with Gasteiger partial charge < -0.3 is 14.2 Å². The molecule has 2 aromatic rings. The van der Waals surface area contributed by atoms with Crippen molar-refractivity contribution in [1.82, 2.24) is 9.47 Å². The van der Waals surface area contributed by atoms with Crippen molar-refractivity contribution in [3.05, 3.63) is 70.6 Å². The number of benzene rings is 1. The van der Waals surface area contributed by atoms with E-state index in [9.17, 15) is 9.59 Å². The number of ether oxygens (including phenoxy) is 1. The molecule has 1 unspecified atom stereocenters. The zero-order valence-corrected chi connectivity index (χ0v) is 12.9. The van der Waals surface area contributed by atoms with Crippen LogP contribution in [0.4, 0.5) is 0 Å². The molecular weight excluding hydrogens is 292 g/mol. The van der Waals surface area contributed by atoms with Crippen LogP contribution in [0, 0.1) is 0 Å². The number of nitrogens with zero attached hydrogens (tertiary/aromatic N) is 2. The molecule has 2 heterocycles. The van der Waals surface area contributed by atoms with Gasteiger partial charge >= 0.3 is 0 Å². The number of carbonyl (C=O) groups excluding carboxylic acids is 1. The molecule has 1 aromatic heterocycles. The third kappa shape index (κ3) is 3.87. The first kappa shape index (κ1) is 15.5. The van der Waals surface area contributed by atoms with Gasteiger partial charge in [0.15, 0.2) is 0 Å². The molecule has 1 atom stereocenters. The maximum atomic E-state index is 12.4. The Bertz CT molecular complexity index is 711. The van der Waals surface area contributed by atoms with Gasteiger partial charge in [-0.05, 0) is 11.6 Å². The van der Waals surface area contributed by atoms with Crippen LogP contribution in [0.25, 0.3) is 0 Å². The van der Waals surface area contributed by atoms with Crippen molar-refractivity contribution >= 4 is 5.91 Å². The molecule has 120 valence electrons. The second kappa shape index (κ2) is 7.24. The Labute approximate surface area is 135 Å². The minimum absolute atomic E-state index is 0.0602. The Balaban J connectivity index is 1.59. The topological polar surface area (TPSA) is 51.5 Å². The van der Waals surface area contributed by atoms with Crippen LogP contribution in [0.3, 0.4) is 0 Å². The maximum absolute atomic E-state index is 12.4. The largest absolute Gasteiger partial charge is 0.370 e. The predicted octanol–water partition coefficient (Wildman–Crippen LogP) is 1.84. The van der Waals surface area contributed by atoms with Crippen molar-refractivity contribution in [3.8, 4) is 0 Å². The van der Waals surface area contributed by atoms with E-state index in [2.05, 4.69) is 0 Å². The quantitative estimate of drug-likeness (QED) is 0.865. The monoisotopic (exact) mass is 312 g/mol. The number of carbonyl (C=O) groups is 1. The minimum Gasteiger partial charge on any atom is -0.370 e. The summed E-state index contributed by atoms with van der Waals surface area (Å²) in [6.45, 7) is 2.11. The van der Waals surface area contributed by atoms with E-state index >= 15 is 0 Å². The first-order chi connectivity index (χ1) is 11.2. The number of aryl methyl sites for hydroxylation is 1. The molecule has 23 heavy (non-hydrogen) atoms. The summed E-state index contributed by atoms with van der Waals surface area (Å²) < 4.78 is 7.34. The van der Waals surface area contributed by atoms with Gasteiger partial charge in [-0.2, -0.15) is 0 Å². The summed E-state index contributed by atoms with van der Waals surface area (Å²) in [6, 6.07) is 14.9.